The van der Waals surface area contributed by atoms with Gasteiger partial charge in [0, 0.05) is 12.1 Å². The zero-order chi connectivity index (χ0) is 16.9. The summed E-state index contributed by atoms with van der Waals surface area (Å²) >= 11 is 0. The maximum atomic E-state index is 6.87. The van der Waals surface area contributed by atoms with E-state index in [0.717, 1.165) is 38.5 Å². The predicted octanol–water partition coefficient (Wildman–Crippen LogP) is 4.37. The van der Waals surface area contributed by atoms with E-state index in [1.54, 1.807) is 0 Å². The fraction of sp³-hybridized carbons (Fsp3) is 0.700. The van der Waals surface area contributed by atoms with Gasteiger partial charge in [-0.2, -0.15) is 0 Å². The van der Waals surface area contributed by atoms with E-state index < -0.39 is 0 Å². The first kappa shape index (κ1) is 19.2. The van der Waals surface area contributed by atoms with Gasteiger partial charge in [0.15, 0.2) is 0 Å². The lowest BCUT2D eigenvalue weighted by Crippen LogP contribution is -2.38. The molecular weight excluding hydrogens is 268 g/mol. The van der Waals surface area contributed by atoms with E-state index in [1.165, 1.54) is 33.4 Å². The Morgan fingerprint density at radius 1 is 0.636 bits per heavy atom. The van der Waals surface area contributed by atoms with Crippen LogP contribution < -0.4 is 11.5 Å². The first-order chi connectivity index (χ1) is 10.5. The van der Waals surface area contributed by atoms with Gasteiger partial charge < -0.3 is 11.5 Å². The van der Waals surface area contributed by atoms with Crippen LogP contribution in [0.2, 0.25) is 0 Å². The zero-order valence-corrected chi connectivity index (χ0v) is 15.6. The summed E-state index contributed by atoms with van der Waals surface area (Å²) in [5, 5.41) is 0. The average molecular weight is 305 g/mol. The van der Waals surface area contributed by atoms with Crippen molar-refractivity contribution in [2.45, 2.75) is 92.2 Å². The van der Waals surface area contributed by atoms with E-state index >= 15 is 0 Å². The van der Waals surface area contributed by atoms with Gasteiger partial charge >= 0.3 is 0 Å². The van der Waals surface area contributed by atoms with Gasteiger partial charge in [0.2, 0.25) is 0 Å². The van der Waals surface area contributed by atoms with Gasteiger partial charge in [-0.25, -0.2) is 0 Å². The fourth-order valence-corrected chi connectivity index (χ4v) is 4.12. The van der Waals surface area contributed by atoms with Gasteiger partial charge in [0.25, 0.3) is 0 Å². The lowest BCUT2D eigenvalue weighted by Gasteiger charge is -2.36. The van der Waals surface area contributed by atoms with E-state index in [2.05, 4.69) is 41.5 Å². The van der Waals surface area contributed by atoms with Crippen molar-refractivity contribution in [1.29, 1.82) is 0 Å². The van der Waals surface area contributed by atoms with Crippen LogP contribution in [0.25, 0.3) is 0 Å². The number of benzene rings is 1. The van der Waals surface area contributed by atoms with E-state index in [-0.39, 0.29) is 5.54 Å². The molecule has 0 aromatic heterocycles. The minimum absolute atomic E-state index is 0.225. The minimum Gasteiger partial charge on any atom is -0.326 e. The molecule has 0 aliphatic heterocycles. The highest BCUT2D eigenvalue weighted by molar-refractivity contribution is 5.55. The molecule has 0 atom stereocenters. The third-order valence-corrected chi connectivity index (χ3v) is 5.44. The van der Waals surface area contributed by atoms with E-state index in [0.29, 0.717) is 6.54 Å². The molecule has 0 heterocycles. The Balaban J connectivity index is 3.95. The minimum atomic E-state index is -0.225. The zero-order valence-electron chi connectivity index (χ0n) is 15.6. The summed E-state index contributed by atoms with van der Waals surface area (Å²) < 4.78 is 0. The Bertz CT molecular complexity index is 466. The van der Waals surface area contributed by atoms with Gasteiger partial charge in [-0.05, 0) is 71.9 Å². The maximum absolute atomic E-state index is 6.87. The van der Waals surface area contributed by atoms with Crippen LogP contribution in [0, 0.1) is 0 Å². The predicted molar refractivity (Wildman–Crippen MR) is 98.3 cm³/mol. The van der Waals surface area contributed by atoms with Crippen LogP contribution in [0.15, 0.2) is 0 Å². The van der Waals surface area contributed by atoms with Gasteiger partial charge in [0.1, 0.15) is 0 Å². The summed E-state index contributed by atoms with van der Waals surface area (Å²) in [6.45, 7) is 14.1. The second-order valence-corrected chi connectivity index (χ2v) is 6.25. The SMILES string of the molecule is CCc1c(CC)c(CC)c(C(N)(CC)CC)c(CC)c1CN. The second kappa shape index (κ2) is 8.12. The van der Waals surface area contributed by atoms with Crippen molar-refractivity contribution in [2.24, 2.45) is 11.5 Å². The monoisotopic (exact) mass is 304 g/mol. The molecule has 126 valence electrons. The van der Waals surface area contributed by atoms with Crippen LogP contribution in [0.1, 0.15) is 87.8 Å². The molecule has 0 saturated carbocycles. The number of hydrogen-bond acceptors (Lipinski definition) is 2. The van der Waals surface area contributed by atoms with Crippen LogP contribution in [0.5, 0.6) is 0 Å². The Labute approximate surface area is 137 Å². The van der Waals surface area contributed by atoms with Gasteiger partial charge in [-0.1, -0.05) is 41.5 Å². The first-order valence-corrected chi connectivity index (χ1v) is 9.16. The maximum Gasteiger partial charge on any atom is 0.0410 e. The third kappa shape index (κ3) is 3.09. The Morgan fingerprint density at radius 2 is 1.00 bits per heavy atom. The van der Waals surface area contributed by atoms with Crippen LogP contribution in [0.3, 0.4) is 0 Å². The number of rotatable bonds is 8. The molecule has 0 saturated heterocycles. The third-order valence-electron chi connectivity index (χ3n) is 5.44. The van der Waals surface area contributed by atoms with Crippen LogP contribution in [-0.4, -0.2) is 0 Å². The van der Waals surface area contributed by atoms with Crippen LogP contribution in [0.4, 0.5) is 0 Å². The van der Waals surface area contributed by atoms with Crippen molar-refractivity contribution in [3.05, 3.63) is 33.4 Å². The molecule has 0 unspecified atom stereocenters. The standard InChI is InChI=1S/C20H36N2/c1-7-14-15(8-2)18(13-21)17(10-4)19(16(14)9-3)20(22,11-5)12-6/h7-13,21-22H2,1-6H3. The number of nitrogens with two attached hydrogens (primary N) is 2. The van der Waals surface area contributed by atoms with Crippen molar-refractivity contribution in [3.8, 4) is 0 Å². The molecule has 2 nitrogen and oxygen atoms in total. The van der Waals surface area contributed by atoms with Crippen molar-refractivity contribution in [3.63, 3.8) is 0 Å². The molecule has 0 bridgehead atoms. The van der Waals surface area contributed by atoms with Crippen molar-refractivity contribution in [1.82, 2.24) is 0 Å². The summed E-state index contributed by atoms with van der Waals surface area (Å²) in [5.74, 6) is 0. The lowest BCUT2D eigenvalue weighted by atomic mass is 9.73. The first-order valence-electron chi connectivity index (χ1n) is 9.16. The fourth-order valence-electron chi connectivity index (χ4n) is 4.12. The Kier molecular flexibility index (Phi) is 7.08. The molecular formula is C20H36N2. The van der Waals surface area contributed by atoms with Crippen LogP contribution in [-0.2, 0) is 37.8 Å². The van der Waals surface area contributed by atoms with E-state index in [4.69, 9.17) is 11.5 Å². The molecule has 0 aliphatic carbocycles. The van der Waals surface area contributed by atoms with Crippen molar-refractivity contribution in [2.75, 3.05) is 0 Å². The topological polar surface area (TPSA) is 52.0 Å². The Morgan fingerprint density at radius 3 is 1.32 bits per heavy atom. The van der Waals surface area contributed by atoms with Gasteiger partial charge in [-0.3, -0.25) is 0 Å². The summed E-state index contributed by atoms with van der Waals surface area (Å²) in [4.78, 5) is 0. The summed E-state index contributed by atoms with van der Waals surface area (Å²) in [7, 11) is 0. The molecule has 1 aromatic rings. The van der Waals surface area contributed by atoms with E-state index in [1.807, 2.05) is 0 Å². The molecule has 0 radical (unpaired) electrons. The molecule has 2 heteroatoms. The van der Waals surface area contributed by atoms with Gasteiger partial charge in [0.05, 0.1) is 0 Å². The molecule has 22 heavy (non-hydrogen) atoms. The quantitative estimate of drug-likeness (QED) is 0.749. The highest BCUT2D eigenvalue weighted by Gasteiger charge is 2.31. The normalized spacial score (nSPS) is 12.0. The summed E-state index contributed by atoms with van der Waals surface area (Å²) in [6.07, 6.45) is 6.16. The molecule has 1 rings (SSSR count). The number of hydrogen-bond donors (Lipinski definition) is 2. The Hall–Kier alpha value is -0.860. The molecule has 0 fully saturated rings. The average Bonchev–Trinajstić information content (AvgIpc) is 2.57. The summed E-state index contributed by atoms with van der Waals surface area (Å²) in [5.41, 5.74) is 21.5. The van der Waals surface area contributed by atoms with Crippen molar-refractivity contribution >= 4 is 0 Å². The highest BCUT2D eigenvalue weighted by atomic mass is 14.7. The molecule has 0 amide bonds. The smallest absolute Gasteiger partial charge is 0.0410 e. The van der Waals surface area contributed by atoms with Crippen molar-refractivity contribution < 1.29 is 0 Å². The molecule has 0 aliphatic rings. The van der Waals surface area contributed by atoms with Crippen LogP contribution >= 0.6 is 0 Å². The second-order valence-electron chi connectivity index (χ2n) is 6.25. The summed E-state index contributed by atoms with van der Waals surface area (Å²) in [6, 6.07) is 0. The van der Waals surface area contributed by atoms with Gasteiger partial charge in [-0.15, -0.1) is 0 Å². The lowest BCUT2D eigenvalue weighted by molar-refractivity contribution is 0.405. The highest BCUT2D eigenvalue weighted by Crippen LogP contribution is 2.38. The van der Waals surface area contributed by atoms with E-state index in [9.17, 15) is 0 Å². The largest absolute Gasteiger partial charge is 0.326 e. The molecule has 0 spiro atoms. The molecule has 1 aromatic carbocycles. The molecule has 4 N–H and O–H groups in total.